The quantitative estimate of drug-likeness (QED) is 0.787. The summed E-state index contributed by atoms with van der Waals surface area (Å²) in [5.74, 6) is 0.229. The Morgan fingerprint density at radius 2 is 2.04 bits per heavy atom. The summed E-state index contributed by atoms with van der Waals surface area (Å²) in [5, 5.41) is 6.62. The first-order valence-electron chi connectivity index (χ1n) is 9.09. The van der Waals surface area contributed by atoms with Crippen molar-refractivity contribution < 1.29 is 13.9 Å². The van der Waals surface area contributed by atoms with E-state index in [4.69, 9.17) is 4.74 Å². The highest BCUT2D eigenvalue weighted by atomic mass is 19.1. The summed E-state index contributed by atoms with van der Waals surface area (Å²) in [6.07, 6.45) is 6.52. The van der Waals surface area contributed by atoms with Gasteiger partial charge >= 0.3 is 0 Å². The average molecular weight is 332 g/mol. The van der Waals surface area contributed by atoms with Crippen molar-refractivity contribution in [3.05, 3.63) is 35.6 Å². The van der Waals surface area contributed by atoms with Crippen LogP contribution in [0.4, 0.5) is 4.39 Å². The van der Waals surface area contributed by atoms with Crippen molar-refractivity contribution in [2.45, 2.75) is 44.2 Å². The molecule has 5 heteroatoms. The van der Waals surface area contributed by atoms with E-state index in [1.165, 1.54) is 49.9 Å². The normalized spacial score (nSPS) is 29.6. The summed E-state index contributed by atoms with van der Waals surface area (Å²) >= 11 is 0. The molecule has 130 valence electrons. The predicted octanol–water partition coefficient (Wildman–Crippen LogP) is 2.49. The highest BCUT2D eigenvalue weighted by molar-refractivity contribution is 5.94. The van der Waals surface area contributed by atoms with E-state index < -0.39 is 0 Å². The Labute approximate surface area is 142 Å². The minimum atomic E-state index is -0.324. The minimum Gasteiger partial charge on any atom is -0.377 e. The van der Waals surface area contributed by atoms with Gasteiger partial charge in [0.25, 0.3) is 5.91 Å². The molecule has 0 bridgehead atoms. The molecule has 1 saturated heterocycles. The van der Waals surface area contributed by atoms with Crippen LogP contribution in [0.25, 0.3) is 0 Å². The van der Waals surface area contributed by atoms with Gasteiger partial charge in [-0.25, -0.2) is 4.39 Å². The average Bonchev–Trinajstić information content (AvgIpc) is 2.94. The number of carbonyl (C=O) groups is 1. The summed E-state index contributed by atoms with van der Waals surface area (Å²) in [6, 6.07) is 6.25. The van der Waals surface area contributed by atoms with Crippen LogP contribution in [-0.4, -0.2) is 37.7 Å². The molecule has 3 fully saturated rings. The third kappa shape index (κ3) is 2.64. The highest BCUT2D eigenvalue weighted by Crippen LogP contribution is 2.62. The van der Waals surface area contributed by atoms with Gasteiger partial charge in [-0.1, -0.05) is 6.42 Å². The SMILES string of the molecule is O=C(NCCCN[C@@H]1[C@H]2CCO[C@@H]2C12CCC2)c1ccc(F)cc1. The number of halogens is 1. The molecule has 1 spiro atoms. The molecule has 0 aromatic heterocycles. The number of hydrogen-bond acceptors (Lipinski definition) is 3. The number of hydrogen-bond donors (Lipinski definition) is 2. The smallest absolute Gasteiger partial charge is 0.251 e. The highest BCUT2D eigenvalue weighted by Gasteiger charge is 2.66. The Morgan fingerprint density at radius 3 is 2.75 bits per heavy atom. The molecular formula is C19H25FN2O2. The van der Waals surface area contributed by atoms with E-state index >= 15 is 0 Å². The fourth-order valence-electron chi connectivity index (χ4n) is 4.81. The van der Waals surface area contributed by atoms with E-state index in [-0.39, 0.29) is 11.7 Å². The number of carbonyl (C=O) groups excluding carboxylic acids is 1. The molecule has 4 rings (SSSR count). The largest absolute Gasteiger partial charge is 0.377 e. The van der Waals surface area contributed by atoms with Crippen molar-refractivity contribution in [2.24, 2.45) is 11.3 Å². The van der Waals surface area contributed by atoms with Gasteiger partial charge in [-0.2, -0.15) is 0 Å². The Balaban J connectivity index is 1.18. The van der Waals surface area contributed by atoms with Crippen molar-refractivity contribution >= 4 is 5.91 Å². The number of benzene rings is 1. The molecule has 24 heavy (non-hydrogen) atoms. The second kappa shape index (κ2) is 6.45. The monoisotopic (exact) mass is 332 g/mol. The minimum absolute atomic E-state index is 0.140. The van der Waals surface area contributed by atoms with Crippen LogP contribution in [0.15, 0.2) is 24.3 Å². The number of fused-ring (bicyclic) bond motifs is 2. The van der Waals surface area contributed by atoms with Gasteiger partial charge in [0, 0.05) is 36.1 Å². The molecule has 1 aliphatic heterocycles. The second-order valence-electron chi connectivity index (χ2n) is 7.38. The molecule has 1 heterocycles. The lowest BCUT2D eigenvalue weighted by atomic mass is 9.46. The first-order valence-corrected chi connectivity index (χ1v) is 9.09. The van der Waals surface area contributed by atoms with Crippen LogP contribution >= 0.6 is 0 Å². The van der Waals surface area contributed by atoms with Crippen molar-refractivity contribution in [1.29, 1.82) is 0 Å². The van der Waals surface area contributed by atoms with Crippen LogP contribution in [0.3, 0.4) is 0 Å². The van der Waals surface area contributed by atoms with Crippen LogP contribution in [0.2, 0.25) is 0 Å². The molecular weight excluding hydrogens is 307 g/mol. The second-order valence-corrected chi connectivity index (χ2v) is 7.38. The summed E-state index contributed by atoms with van der Waals surface area (Å²) in [4.78, 5) is 12.0. The number of amides is 1. The van der Waals surface area contributed by atoms with Crippen LogP contribution < -0.4 is 10.6 Å². The van der Waals surface area contributed by atoms with Gasteiger partial charge in [0.2, 0.25) is 0 Å². The maximum Gasteiger partial charge on any atom is 0.251 e. The number of ether oxygens (including phenoxy) is 1. The van der Waals surface area contributed by atoms with Gasteiger partial charge in [0.05, 0.1) is 6.10 Å². The van der Waals surface area contributed by atoms with E-state index in [9.17, 15) is 9.18 Å². The predicted molar refractivity (Wildman–Crippen MR) is 89.3 cm³/mol. The van der Waals surface area contributed by atoms with Crippen LogP contribution in [0, 0.1) is 17.2 Å². The van der Waals surface area contributed by atoms with Crippen molar-refractivity contribution in [2.75, 3.05) is 19.7 Å². The lowest BCUT2D eigenvalue weighted by Gasteiger charge is -2.63. The fourth-order valence-corrected chi connectivity index (χ4v) is 4.81. The van der Waals surface area contributed by atoms with Gasteiger partial charge in [0.15, 0.2) is 0 Å². The van der Waals surface area contributed by atoms with Crippen molar-refractivity contribution in [3.63, 3.8) is 0 Å². The van der Waals surface area contributed by atoms with Crippen molar-refractivity contribution in [1.82, 2.24) is 10.6 Å². The third-order valence-corrected chi connectivity index (χ3v) is 6.15. The van der Waals surface area contributed by atoms with Gasteiger partial charge in [-0.15, -0.1) is 0 Å². The number of rotatable bonds is 6. The van der Waals surface area contributed by atoms with Gasteiger partial charge < -0.3 is 15.4 Å². The Hall–Kier alpha value is -1.46. The molecule has 1 amide bonds. The molecule has 3 atom stereocenters. The summed E-state index contributed by atoms with van der Waals surface area (Å²) in [7, 11) is 0. The van der Waals surface area contributed by atoms with Crippen LogP contribution in [0.5, 0.6) is 0 Å². The van der Waals surface area contributed by atoms with E-state index in [0.29, 0.717) is 35.6 Å². The third-order valence-electron chi connectivity index (χ3n) is 6.15. The zero-order valence-electron chi connectivity index (χ0n) is 13.9. The first-order chi connectivity index (χ1) is 11.7. The number of nitrogens with one attached hydrogen (secondary N) is 2. The molecule has 4 nitrogen and oxygen atoms in total. The molecule has 2 N–H and O–H groups in total. The van der Waals surface area contributed by atoms with Gasteiger partial charge in [-0.3, -0.25) is 4.79 Å². The Bertz CT molecular complexity index is 600. The first kappa shape index (κ1) is 16.0. The molecule has 1 aromatic rings. The molecule has 2 saturated carbocycles. The standard InChI is InChI=1S/C19H25FN2O2/c20-14-5-3-13(4-6-14)18(23)22-11-2-10-21-16-15-7-12-24-17(15)19(16)8-1-9-19/h3-6,15-17,21H,1-2,7-12H2,(H,22,23)/t15-,16-,17+/m1/s1. The van der Waals surface area contributed by atoms with E-state index in [2.05, 4.69) is 10.6 Å². The molecule has 1 aromatic carbocycles. The maximum absolute atomic E-state index is 12.9. The molecule has 0 unspecified atom stereocenters. The van der Waals surface area contributed by atoms with Gasteiger partial charge in [-0.05, 0) is 56.5 Å². The van der Waals surface area contributed by atoms with Crippen LogP contribution in [0.1, 0.15) is 42.5 Å². The van der Waals surface area contributed by atoms with Crippen LogP contribution in [-0.2, 0) is 4.74 Å². The summed E-state index contributed by atoms with van der Waals surface area (Å²) in [6.45, 7) is 2.47. The lowest BCUT2D eigenvalue weighted by Crippen LogP contribution is -2.71. The maximum atomic E-state index is 12.9. The zero-order valence-corrected chi connectivity index (χ0v) is 13.9. The van der Waals surface area contributed by atoms with E-state index in [1.54, 1.807) is 0 Å². The fraction of sp³-hybridized carbons (Fsp3) is 0.632. The summed E-state index contributed by atoms with van der Waals surface area (Å²) in [5.41, 5.74) is 0.918. The molecule has 3 aliphatic rings. The van der Waals surface area contributed by atoms with E-state index in [0.717, 1.165) is 19.6 Å². The topological polar surface area (TPSA) is 50.4 Å². The van der Waals surface area contributed by atoms with Gasteiger partial charge in [0.1, 0.15) is 5.82 Å². The summed E-state index contributed by atoms with van der Waals surface area (Å²) < 4.78 is 18.8. The lowest BCUT2D eigenvalue weighted by molar-refractivity contribution is -0.175. The van der Waals surface area contributed by atoms with Crippen molar-refractivity contribution in [3.8, 4) is 0 Å². The molecule has 2 aliphatic carbocycles. The zero-order chi connectivity index (χ0) is 16.6. The Kier molecular flexibility index (Phi) is 4.31. The van der Waals surface area contributed by atoms with E-state index in [1.807, 2.05) is 0 Å². The molecule has 0 radical (unpaired) electrons. The Morgan fingerprint density at radius 1 is 1.25 bits per heavy atom.